The van der Waals surface area contributed by atoms with Crippen LogP contribution in [0.2, 0.25) is 5.02 Å². The molecule has 1 amide bonds. The van der Waals surface area contributed by atoms with Crippen molar-refractivity contribution >= 4 is 23.2 Å². The molecule has 0 aliphatic carbocycles. The van der Waals surface area contributed by atoms with Crippen LogP contribution in [-0.2, 0) is 11.3 Å². The molecule has 1 aromatic heterocycles. The Morgan fingerprint density at radius 2 is 2.21 bits per heavy atom. The summed E-state index contributed by atoms with van der Waals surface area (Å²) in [5.41, 5.74) is 2.88. The van der Waals surface area contributed by atoms with E-state index in [2.05, 4.69) is 27.3 Å². The summed E-state index contributed by atoms with van der Waals surface area (Å²) < 4.78 is 5.14. The molecule has 150 valence electrons. The molecule has 6 heteroatoms. The first-order valence-electron chi connectivity index (χ1n) is 9.82. The summed E-state index contributed by atoms with van der Waals surface area (Å²) >= 11 is 6.12. The number of ether oxygens (including phenoxy) is 1. The van der Waals surface area contributed by atoms with Gasteiger partial charge < -0.3 is 10.1 Å². The summed E-state index contributed by atoms with van der Waals surface area (Å²) in [5.74, 6) is 1.17. The zero-order valence-electron chi connectivity index (χ0n) is 16.6. The highest BCUT2D eigenvalue weighted by atomic mass is 35.5. The Morgan fingerprint density at radius 3 is 2.96 bits per heavy atom. The third-order valence-electron chi connectivity index (χ3n) is 5.15. The van der Waals surface area contributed by atoms with Gasteiger partial charge in [0.2, 0.25) is 5.91 Å². The molecule has 1 saturated heterocycles. The minimum Gasteiger partial charge on any atom is -0.495 e. The Labute approximate surface area is 172 Å². The molecule has 0 unspecified atom stereocenters. The molecule has 28 heavy (non-hydrogen) atoms. The van der Waals surface area contributed by atoms with Crippen molar-refractivity contribution in [3.8, 4) is 5.75 Å². The van der Waals surface area contributed by atoms with Gasteiger partial charge >= 0.3 is 0 Å². The van der Waals surface area contributed by atoms with Crippen molar-refractivity contribution in [1.82, 2.24) is 9.88 Å². The number of aromatic nitrogens is 1. The second-order valence-corrected chi connectivity index (χ2v) is 7.86. The molecule has 1 atom stereocenters. The summed E-state index contributed by atoms with van der Waals surface area (Å²) in [7, 11) is 1.57. The zero-order valence-corrected chi connectivity index (χ0v) is 17.3. The topological polar surface area (TPSA) is 54.5 Å². The normalized spacial score (nSPS) is 17.3. The second-order valence-electron chi connectivity index (χ2n) is 7.45. The smallest absolute Gasteiger partial charge is 0.224 e. The SMILES string of the molecule is COc1ccc(NC(=O)CC[C@@H]2CCCN(Cc3cccc(C)n3)C2)cc1Cl. The third kappa shape index (κ3) is 5.94. The van der Waals surface area contributed by atoms with E-state index in [0.29, 0.717) is 28.8 Å². The molecule has 1 aliphatic heterocycles. The molecule has 1 aromatic carbocycles. The highest BCUT2D eigenvalue weighted by Gasteiger charge is 2.21. The number of methoxy groups -OCH3 is 1. The molecule has 3 rings (SSSR count). The Morgan fingerprint density at radius 1 is 1.36 bits per heavy atom. The second kappa shape index (κ2) is 9.89. The fraction of sp³-hybridized carbons (Fsp3) is 0.455. The van der Waals surface area contributed by atoms with Gasteiger partial charge in [-0.2, -0.15) is 0 Å². The lowest BCUT2D eigenvalue weighted by molar-refractivity contribution is -0.116. The van der Waals surface area contributed by atoms with Crippen LogP contribution in [0.3, 0.4) is 0 Å². The highest BCUT2D eigenvalue weighted by molar-refractivity contribution is 6.32. The van der Waals surface area contributed by atoms with Crippen molar-refractivity contribution in [1.29, 1.82) is 0 Å². The molecular formula is C22H28ClN3O2. The average molecular weight is 402 g/mol. The van der Waals surface area contributed by atoms with E-state index in [1.54, 1.807) is 25.3 Å². The lowest BCUT2D eigenvalue weighted by Crippen LogP contribution is -2.35. The maximum Gasteiger partial charge on any atom is 0.224 e. The summed E-state index contributed by atoms with van der Waals surface area (Å²) in [6.45, 7) is 5.03. The Kier molecular flexibility index (Phi) is 7.29. The number of rotatable bonds is 7. The van der Waals surface area contributed by atoms with Gasteiger partial charge in [-0.3, -0.25) is 14.7 Å². The quantitative estimate of drug-likeness (QED) is 0.731. The van der Waals surface area contributed by atoms with Gasteiger partial charge in [0.05, 0.1) is 17.8 Å². The van der Waals surface area contributed by atoms with Gasteiger partial charge in [0.25, 0.3) is 0 Å². The number of benzene rings is 1. The van der Waals surface area contributed by atoms with Gasteiger partial charge in [-0.05, 0) is 69.0 Å². The van der Waals surface area contributed by atoms with E-state index >= 15 is 0 Å². The molecular weight excluding hydrogens is 374 g/mol. The number of nitrogens with one attached hydrogen (secondary N) is 1. The standard InChI is InChI=1S/C22H28ClN3O2/c1-16-5-3-7-19(24-16)15-26-12-4-6-17(14-26)8-11-22(27)25-18-9-10-21(28-2)20(23)13-18/h3,5,7,9-10,13,17H,4,6,8,11-12,14-15H2,1-2H3,(H,25,27)/t17-/m0/s1. The molecule has 2 aromatic rings. The first kappa shape index (κ1) is 20.6. The number of amides is 1. The molecule has 5 nitrogen and oxygen atoms in total. The molecule has 1 N–H and O–H groups in total. The van der Waals surface area contributed by atoms with Gasteiger partial charge in [0.1, 0.15) is 5.75 Å². The van der Waals surface area contributed by atoms with Crippen molar-refractivity contribution in [3.63, 3.8) is 0 Å². The molecule has 2 heterocycles. The highest BCUT2D eigenvalue weighted by Crippen LogP contribution is 2.27. The van der Waals surface area contributed by atoms with Crippen LogP contribution in [0, 0.1) is 12.8 Å². The van der Waals surface area contributed by atoms with Crippen LogP contribution in [0.5, 0.6) is 5.75 Å². The minimum absolute atomic E-state index is 0.0266. The van der Waals surface area contributed by atoms with E-state index in [0.717, 1.165) is 37.4 Å². The van der Waals surface area contributed by atoms with E-state index in [9.17, 15) is 4.79 Å². The fourth-order valence-corrected chi connectivity index (χ4v) is 4.01. The average Bonchev–Trinajstić information content (AvgIpc) is 2.67. The van der Waals surface area contributed by atoms with E-state index in [1.165, 1.54) is 12.8 Å². The maximum absolute atomic E-state index is 12.3. The number of hydrogen-bond donors (Lipinski definition) is 1. The number of pyridine rings is 1. The van der Waals surface area contributed by atoms with E-state index in [4.69, 9.17) is 16.3 Å². The number of hydrogen-bond acceptors (Lipinski definition) is 4. The predicted molar refractivity (Wildman–Crippen MR) is 113 cm³/mol. The Balaban J connectivity index is 1.46. The van der Waals surface area contributed by atoms with Crippen LogP contribution in [0.4, 0.5) is 5.69 Å². The monoisotopic (exact) mass is 401 g/mol. The Hall–Kier alpha value is -2.11. The fourth-order valence-electron chi connectivity index (χ4n) is 3.75. The van der Waals surface area contributed by atoms with Crippen molar-refractivity contribution in [2.24, 2.45) is 5.92 Å². The van der Waals surface area contributed by atoms with Gasteiger partial charge in [-0.25, -0.2) is 0 Å². The van der Waals surface area contributed by atoms with Crippen molar-refractivity contribution in [2.45, 2.75) is 39.2 Å². The number of carbonyl (C=O) groups excluding carboxylic acids is 1. The first-order valence-corrected chi connectivity index (χ1v) is 10.2. The number of carbonyl (C=O) groups is 1. The van der Waals surface area contributed by atoms with Gasteiger partial charge in [0.15, 0.2) is 0 Å². The van der Waals surface area contributed by atoms with Crippen LogP contribution < -0.4 is 10.1 Å². The molecule has 0 saturated carbocycles. The molecule has 0 bridgehead atoms. The lowest BCUT2D eigenvalue weighted by Gasteiger charge is -2.32. The number of aryl methyl sites for hydroxylation is 1. The summed E-state index contributed by atoms with van der Waals surface area (Å²) in [6.07, 6.45) is 3.77. The maximum atomic E-state index is 12.3. The number of piperidine rings is 1. The van der Waals surface area contributed by atoms with Gasteiger partial charge in [-0.1, -0.05) is 17.7 Å². The predicted octanol–water partition coefficient (Wildman–Crippen LogP) is 4.68. The van der Waals surface area contributed by atoms with Crippen LogP contribution in [0.1, 0.15) is 37.1 Å². The molecule has 1 aliphatic rings. The van der Waals surface area contributed by atoms with Crippen molar-refractivity contribution in [3.05, 3.63) is 52.8 Å². The van der Waals surface area contributed by atoms with E-state index in [-0.39, 0.29) is 5.91 Å². The number of anilines is 1. The van der Waals surface area contributed by atoms with Gasteiger partial charge in [-0.15, -0.1) is 0 Å². The molecule has 1 fully saturated rings. The van der Waals surface area contributed by atoms with Gasteiger partial charge in [0, 0.05) is 30.9 Å². The minimum atomic E-state index is 0.0266. The lowest BCUT2D eigenvalue weighted by atomic mass is 9.93. The molecule has 0 radical (unpaired) electrons. The van der Waals surface area contributed by atoms with Crippen molar-refractivity contribution < 1.29 is 9.53 Å². The Bertz CT molecular complexity index is 812. The van der Waals surface area contributed by atoms with Crippen LogP contribution in [0.15, 0.2) is 36.4 Å². The number of halogens is 1. The van der Waals surface area contributed by atoms with E-state index < -0.39 is 0 Å². The summed E-state index contributed by atoms with van der Waals surface area (Å²) in [6, 6.07) is 11.5. The summed E-state index contributed by atoms with van der Waals surface area (Å²) in [5, 5.41) is 3.42. The molecule has 0 spiro atoms. The van der Waals surface area contributed by atoms with Crippen molar-refractivity contribution in [2.75, 3.05) is 25.5 Å². The van der Waals surface area contributed by atoms with Crippen LogP contribution >= 0.6 is 11.6 Å². The van der Waals surface area contributed by atoms with E-state index in [1.807, 2.05) is 13.0 Å². The van der Waals surface area contributed by atoms with Crippen LogP contribution in [-0.4, -0.2) is 36.0 Å². The number of likely N-dealkylation sites (tertiary alicyclic amines) is 1. The largest absolute Gasteiger partial charge is 0.495 e. The zero-order chi connectivity index (χ0) is 19.9. The van der Waals surface area contributed by atoms with Crippen LogP contribution in [0.25, 0.3) is 0 Å². The first-order chi connectivity index (χ1) is 13.5. The third-order valence-corrected chi connectivity index (χ3v) is 5.45. The number of nitrogens with zero attached hydrogens (tertiary/aromatic N) is 2. The summed E-state index contributed by atoms with van der Waals surface area (Å²) in [4.78, 5) is 19.4.